The van der Waals surface area contributed by atoms with Gasteiger partial charge in [-0.15, -0.1) is 0 Å². The lowest BCUT2D eigenvalue weighted by Crippen LogP contribution is -2.31. The smallest absolute Gasteiger partial charge is 0.266 e. The van der Waals surface area contributed by atoms with E-state index < -0.39 is 0 Å². The Morgan fingerprint density at radius 1 is 1.48 bits per heavy atom. The molecule has 0 spiro atoms. The number of carbonyl (C=O) groups excluding carboxylic acids is 1. The molecule has 0 bridgehead atoms. The number of rotatable bonds is 5. The lowest BCUT2D eigenvalue weighted by Gasteiger charge is -2.10. The molecule has 1 unspecified atom stereocenters. The van der Waals surface area contributed by atoms with E-state index in [0.29, 0.717) is 22.4 Å². The van der Waals surface area contributed by atoms with Crippen LogP contribution in [0.3, 0.4) is 0 Å². The van der Waals surface area contributed by atoms with Crippen LogP contribution < -0.4 is 5.32 Å². The average molecular weight is 335 g/mol. The lowest BCUT2D eigenvalue weighted by atomic mass is 10.1. The Kier molecular flexibility index (Phi) is 5.50. The quantitative estimate of drug-likeness (QED) is 0.848. The second-order valence-corrected chi connectivity index (χ2v) is 5.64. The second-order valence-electron chi connectivity index (χ2n) is 5.20. The Morgan fingerprint density at radius 2 is 2.22 bits per heavy atom. The van der Waals surface area contributed by atoms with E-state index in [2.05, 4.69) is 20.4 Å². The van der Waals surface area contributed by atoms with E-state index in [1.807, 2.05) is 19.1 Å². The normalized spacial score (nSPS) is 13.0. The topological polar surface area (TPSA) is 80.4 Å². The van der Waals surface area contributed by atoms with Gasteiger partial charge in [0, 0.05) is 5.02 Å². The Balaban J connectivity index is 2.13. The Hall–Kier alpha value is -2.21. The standard InChI is InChI=1S/C16H19ClN4O2/c1-5-12-8-13(17)6-7-14(12)18-9(2)15(22)19-10(3)16-20-11(4)21-23-16/h6-8,10H,5H2,1-4H3,(H,19,22). The van der Waals surface area contributed by atoms with Crippen LogP contribution in [0.25, 0.3) is 0 Å². The molecular weight excluding hydrogens is 316 g/mol. The summed E-state index contributed by atoms with van der Waals surface area (Å²) in [5.74, 6) is 0.606. The van der Waals surface area contributed by atoms with Crippen LogP contribution in [0.5, 0.6) is 0 Å². The highest BCUT2D eigenvalue weighted by Gasteiger charge is 2.17. The molecule has 0 aliphatic carbocycles. The summed E-state index contributed by atoms with van der Waals surface area (Å²) in [7, 11) is 0. The maximum Gasteiger partial charge on any atom is 0.266 e. The number of amides is 1. The summed E-state index contributed by atoms with van der Waals surface area (Å²) in [6.45, 7) is 7.17. The summed E-state index contributed by atoms with van der Waals surface area (Å²) < 4.78 is 5.04. The molecule has 0 saturated carbocycles. The van der Waals surface area contributed by atoms with Crippen LogP contribution in [0.1, 0.15) is 44.1 Å². The van der Waals surface area contributed by atoms with Crippen molar-refractivity contribution >= 4 is 28.9 Å². The van der Waals surface area contributed by atoms with Gasteiger partial charge in [0.1, 0.15) is 11.8 Å². The first-order chi connectivity index (χ1) is 10.9. The van der Waals surface area contributed by atoms with Crippen LogP contribution in [0, 0.1) is 6.92 Å². The van der Waals surface area contributed by atoms with Gasteiger partial charge in [-0.2, -0.15) is 4.98 Å². The molecule has 0 fully saturated rings. The van der Waals surface area contributed by atoms with Crippen molar-refractivity contribution in [1.82, 2.24) is 15.5 Å². The van der Waals surface area contributed by atoms with Gasteiger partial charge in [-0.25, -0.2) is 4.99 Å². The van der Waals surface area contributed by atoms with Crippen LogP contribution >= 0.6 is 11.6 Å². The minimum atomic E-state index is -0.385. The minimum absolute atomic E-state index is 0.287. The predicted octanol–water partition coefficient (Wildman–Crippen LogP) is 3.56. The summed E-state index contributed by atoms with van der Waals surface area (Å²) in [6, 6.07) is 5.04. The number of halogens is 1. The Bertz CT molecular complexity index is 739. The molecule has 7 heteroatoms. The molecule has 0 aliphatic rings. The number of nitrogens with zero attached hydrogens (tertiary/aromatic N) is 3. The van der Waals surface area contributed by atoms with Crippen LogP contribution in [-0.4, -0.2) is 21.8 Å². The van der Waals surface area contributed by atoms with Crippen molar-refractivity contribution in [3.63, 3.8) is 0 Å². The third kappa shape index (κ3) is 4.39. The monoisotopic (exact) mass is 334 g/mol. The molecule has 6 nitrogen and oxygen atoms in total. The Labute approximate surface area is 140 Å². The first-order valence-corrected chi connectivity index (χ1v) is 7.73. The van der Waals surface area contributed by atoms with Crippen molar-refractivity contribution in [3.05, 3.63) is 40.5 Å². The molecular formula is C16H19ClN4O2. The summed E-state index contributed by atoms with van der Waals surface area (Å²) in [5.41, 5.74) is 2.08. The molecule has 0 radical (unpaired) electrons. The number of hydrogen-bond donors (Lipinski definition) is 1. The van der Waals surface area contributed by atoms with E-state index >= 15 is 0 Å². The molecule has 1 heterocycles. The zero-order valence-corrected chi connectivity index (χ0v) is 14.3. The van der Waals surface area contributed by atoms with Gasteiger partial charge in [-0.05, 0) is 51.0 Å². The third-order valence-corrected chi connectivity index (χ3v) is 3.54. The maximum atomic E-state index is 12.2. The first kappa shape index (κ1) is 17.1. The molecule has 1 aromatic carbocycles. The lowest BCUT2D eigenvalue weighted by molar-refractivity contribution is -0.115. The van der Waals surface area contributed by atoms with Crippen molar-refractivity contribution in [3.8, 4) is 0 Å². The number of hydrogen-bond acceptors (Lipinski definition) is 5. The summed E-state index contributed by atoms with van der Waals surface area (Å²) in [4.78, 5) is 20.7. The van der Waals surface area contributed by atoms with Gasteiger partial charge in [0.15, 0.2) is 5.82 Å². The molecule has 1 amide bonds. The largest absolute Gasteiger partial charge is 0.339 e. The molecule has 1 atom stereocenters. The molecule has 0 saturated heterocycles. The molecule has 2 rings (SSSR count). The SMILES string of the molecule is CCc1cc(Cl)ccc1N=C(C)C(=O)NC(C)c1nc(C)no1. The van der Waals surface area contributed by atoms with E-state index in [-0.39, 0.29) is 11.9 Å². The van der Waals surface area contributed by atoms with Crippen molar-refractivity contribution < 1.29 is 9.32 Å². The van der Waals surface area contributed by atoms with Gasteiger partial charge in [0.25, 0.3) is 5.91 Å². The zero-order chi connectivity index (χ0) is 17.0. The molecule has 23 heavy (non-hydrogen) atoms. The van der Waals surface area contributed by atoms with Crippen molar-refractivity contribution in [2.45, 2.75) is 40.2 Å². The van der Waals surface area contributed by atoms with Gasteiger partial charge < -0.3 is 9.84 Å². The first-order valence-electron chi connectivity index (χ1n) is 7.35. The van der Waals surface area contributed by atoms with Crippen LogP contribution in [0.2, 0.25) is 5.02 Å². The number of nitrogens with one attached hydrogen (secondary N) is 1. The number of carbonyl (C=O) groups is 1. The fraction of sp³-hybridized carbons (Fsp3) is 0.375. The summed E-state index contributed by atoms with van der Waals surface area (Å²) in [5, 5.41) is 7.15. The maximum absolute atomic E-state index is 12.2. The highest BCUT2D eigenvalue weighted by Crippen LogP contribution is 2.24. The molecule has 0 aliphatic heterocycles. The van der Waals surface area contributed by atoms with Crippen LogP contribution in [0.15, 0.2) is 27.7 Å². The number of aryl methyl sites for hydroxylation is 2. The van der Waals surface area contributed by atoms with Crippen LogP contribution in [-0.2, 0) is 11.2 Å². The number of aliphatic imine (C=N–C) groups is 1. The van der Waals surface area contributed by atoms with Gasteiger partial charge >= 0.3 is 0 Å². The highest BCUT2D eigenvalue weighted by atomic mass is 35.5. The van der Waals surface area contributed by atoms with E-state index in [1.165, 1.54) is 0 Å². The molecule has 1 N–H and O–H groups in total. The van der Waals surface area contributed by atoms with Crippen molar-refractivity contribution in [2.24, 2.45) is 4.99 Å². The fourth-order valence-electron chi connectivity index (χ4n) is 2.03. The summed E-state index contributed by atoms with van der Waals surface area (Å²) in [6.07, 6.45) is 0.784. The van der Waals surface area contributed by atoms with Crippen molar-refractivity contribution in [1.29, 1.82) is 0 Å². The van der Waals surface area contributed by atoms with Gasteiger partial charge in [-0.3, -0.25) is 4.79 Å². The predicted molar refractivity (Wildman–Crippen MR) is 89.2 cm³/mol. The molecule has 2 aromatic rings. The minimum Gasteiger partial charge on any atom is -0.339 e. The Morgan fingerprint density at radius 3 is 2.83 bits per heavy atom. The molecule has 122 valence electrons. The van der Waals surface area contributed by atoms with Crippen LogP contribution in [0.4, 0.5) is 5.69 Å². The average Bonchev–Trinajstić information content (AvgIpc) is 2.95. The van der Waals surface area contributed by atoms with E-state index in [9.17, 15) is 4.79 Å². The van der Waals surface area contributed by atoms with E-state index in [1.54, 1.807) is 26.8 Å². The number of benzene rings is 1. The van der Waals surface area contributed by atoms with Crippen molar-refractivity contribution in [2.75, 3.05) is 0 Å². The van der Waals surface area contributed by atoms with E-state index in [4.69, 9.17) is 16.1 Å². The van der Waals surface area contributed by atoms with Gasteiger partial charge in [0.2, 0.25) is 5.89 Å². The fourth-order valence-corrected chi connectivity index (χ4v) is 2.22. The second kappa shape index (κ2) is 7.37. The van der Waals surface area contributed by atoms with Gasteiger partial charge in [-0.1, -0.05) is 23.7 Å². The summed E-state index contributed by atoms with van der Waals surface area (Å²) >= 11 is 5.98. The molecule has 1 aromatic heterocycles. The number of aromatic nitrogens is 2. The third-order valence-electron chi connectivity index (χ3n) is 3.30. The van der Waals surface area contributed by atoms with E-state index in [0.717, 1.165) is 17.7 Å². The zero-order valence-electron chi connectivity index (χ0n) is 13.6. The highest BCUT2D eigenvalue weighted by molar-refractivity contribution is 6.38. The van der Waals surface area contributed by atoms with Gasteiger partial charge in [0.05, 0.1) is 5.69 Å².